The first-order chi connectivity index (χ1) is 21.0. The van der Waals surface area contributed by atoms with Gasteiger partial charge >= 0.3 is 0 Å². The van der Waals surface area contributed by atoms with Crippen molar-refractivity contribution in [3.8, 4) is 6.07 Å². The van der Waals surface area contributed by atoms with Gasteiger partial charge in [0.25, 0.3) is 20.2 Å². The number of benzene rings is 2. The number of unbranched alkanes of at least 4 members (excludes halogenated alkanes) is 2. The normalized spacial score (nSPS) is 17.9. The molecule has 4 rings (SSSR count). The van der Waals surface area contributed by atoms with Crippen LogP contribution in [0.4, 0.5) is 17.1 Å². The first-order valence-corrected chi connectivity index (χ1v) is 18.0. The highest BCUT2D eigenvalue weighted by atomic mass is 32.2. The summed E-state index contributed by atoms with van der Waals surface area (Å²) in [5, 5.41) is 9.55. The molecule has 0 fully saturated rings. The average molecular weight is 652 g/mol. The second kappa shape index (κ2) is 12.9. The highest BCUT2D eigenvalue weighted by Crippen LogP contribution is 2.49. The smallest absolute Gasteiger partial charge is 0.264 e. The van der Waals surface area contributed by atoms with Gasteiger partial charge in [0.1, 0.15) is 6.54 Å². The lowest BCUT2D eigenvalue weighted by Gasteiger charge is -2.27. The van der Waals surface area contributed by atoms with Crippen molar-refractivity contribution in [2.45, 2.75) is 64.2 Å². The molecule has 0 saturated carbocycles. The molecule has 2 aromatic rings. The van der Waals surface area contributed by atoms with Gasteiger partial charge in [-0.15, -0.1) is 0 Å². The molecule has 2 heterocycles. The Kier molecular flexibility index (Phi) is 9.76. The molecule has 2 N–H and O–H groups in total. The van der Waals surface area contributed by atoms with Crippen LogP contribution in [-0.2, 0) is 31.1 Å². The molecule has 0 atom stereocenters. The second-order valence-electron chi connectivity index (χ2n) is 12.5. The van der Waals surface area contributed by atoms with Crippen LogP contribution < -0.4 is 4.90 Å². The molecule has 0 radical (unpaired) electrons. The fraction of sp³-hybridized carbons (Fsp3) is 0.424. The third-order valence-electron chi connectivity index (χ3n) is 8.60. The van der Waals surface area contributed by atoms with E-state index in [1.54, 1.807) is 12.1 Å². The van der Waals surface area contributed by atoms with Crippen LogP contribution in [-0.4, -0.2) is 60.8 Å². The highest BCUT2D eigenvalue weighted by Gasteiger charge is 2.44. The summed E-state index contributed by atoms with van der Waals surface area (Å²) in [7, 11) is -8.11. The summed E-state index contributed by atoms with van der Waals surface area (Å²) >= 11 is 0. The van der Waals surface area contributed by atoms with Gasteiger partial charge in [-0.2, -0.15) is 26.7 Å². The molecule has 0 unspecified atom stereocenters. The molecule has 0 aromatic heterocycles. The lowest BCUT2D eigenvalue weighted by molar-refractivity contribution is -0.438. The van der Waals surface area contributed by atoms with E-state index in [-0.39, 0.29) is 11.5 Å². The second-order valence-corrected chi connectivity index (χ2v) is 15.6. The van der Waals surface area contributed by atoms with E-state index in [0.717, 1.165) is 33.9 Å². The van der Waals surface area contributed by atoms with Crippen molar-refractivity contribution in [3.05, 3.63) is 88.4 Å². The summed E-state index contributed by atoms with van der Waals surface area (Å²) in [5.41, 5.74) is 5.99. The molecule has 45 heavy (non-hydrogen) atoms. The average Bonchev–Trinajstić information content (AvgIpc) is 3.30. The molecule has 2 aliphatic rings. The maximum Gasteiger partial charge on any atom is 0.264 e. The molecule has 0 bridgehead atoms. The van der Waals surface area contributed by atoms with E-state index in [0.29, 0.717) is 50.0 Å². The molecule has 0 amide bonds. The summed E-state index contributed by atoms with van der Waals surface area (Å²) < 4.78 is 65.7. The fourth-order valence-corrected chi connectivity index (χ4v) is 7.44. The molecule has 0 aliphatic carbocycles. The van der Waals surface area contributed by atoms with Crippen molar-refractivity contribution in [2.75, 3.05) is 29.5 Å². The Morgan fingerprint density at radius 3 is 2.22 bits per heavy atom. The van der Waals surface area contributed by atoms with E-state index in [9.17, 15) is 31.2 Å². The topological polar surface area (TPSA) is 143 Å². The minimum absolute atomic E-state index is 0.300. The number of hydrogen-bond acceptors (Lipinski definition) is 6. The number of hydrogen-bond donors (Lipinski definition) is 2. The third kappa shape index (κ3) is 7.54. The molecule has 10 nitrogen and oxygen atoms in total. The van der Waals surface area contributed by atoms with Gasteiger partial charge < -0.3 is 4.90 Å². The van der Waals surface area contributed by atoms with Crippen molar-refractivity contribution in [3.63, 3.8) is 0 Å². The Labute approximate surface area is 266 Å². The lowest BCUT2D eigenvalue weighted by atomic mass is 9.80. The number of allylic oxidation sites excluding steroid dienone is 4. The van der Waals surface area contributed by atoms with Gasteiger partial charge in [0, 0.05) is 47.5 Å². The van der Waals surface area contributed by atoms with Crippen LogP contribution in [0.25, 0.3) is 4.85 Å². The monoisotopic (exact) mass is 651 g/mol. The van der Waals surface area contributed by atoms with Crippen molar-refractivity contribution in [1.82, 2.24) is 0 Å². The summed E-state index contributed by atoms with van der Waals surface area (Å²) in [4.78, 5) is 5.75. The van der Waals surface area contributed by atoms with Crippen molar-refractivity contribution < 1.29 is 30.5 Å². The zero-order valence-electron chi connectivity index (χ0n) is 26.0. The molecule has 0 spiro atoms. The number of anilines is 1. The molecular formula is C33H39N4O6S2+. The third-order valence-corrected chi connectivity index (χ3v) is 10.2. The van der Waals surface area contributed by atoms with Crippen LogP contribution in [0.5, 0.6) is 0 Å². The van der Waals surface area contributed by atoms with Crippen LogP contribution >= 0.6 is 0 Å². The van der Waals surface area contributed by atoms with Crippen molar-refractivity contribution in [2.24, 2.45) is 0 Å². The van der Waals surface area contributed by atoms with Crippen molar-refractivity contribution >= 4 is 43.0 Å². The number of nitrogens with zero attached hydrogens (tertiary/aromatic N) is 4. The van der Waals surface area contributed by atoms with Gasteiger partial charge in [0.15, 0.2) is 11.4 Å². The Morgan fingerprint density at radius 1 is 0.933 bits per heavy atom. The van der Waals surface area contributed by atoms with Gasteiger partial charge in [-0.25, -0.2) is 4.85 Å². The number of rotatable bonds is 12. The highest BCUT2D eigenvalue weighted by molar-refractivity contribution is 7.86. The summed E-state index contributed by atoms with van der Waals surface area (Å²) in [6, 6.07) is 13.4. The zero-order chi connectivity index (χ0) is 33.2. The molecule has 2 aromatic carbocycles. The Balaban J connectivity index is 1.72. The number of nitriles is 1. The SMILES string of the molecule is [C-]#[N+]c1ccc2c(c1)C(C)(C)C(=CC=CC1=[N+](CCCCS(=O)(=O)O)c3ccc(C#N)cc3C1(C)C)N2CCCCS(=O)(=O)O. The van der Waals surface area contributed by atoms with Crippen LogP contribution in [0.2, 0.25) is 0 Å². The molecule has 12 heteroatoms. The van der Waals surface area contributed by atoms with Crippen molar-refractivity contribution in [1.29, 1.82) is 5.26 Å². The standard InChI is InChI=1S/C33H38N4O6S2/c1-32(2)26-21-24(23-34)13-15-28(26)36(17-6-8-19-44(38,39)40)30(32)11-10-12-31-33(3,4)27-22-25(35-5)14-16-29(27)37(31)18-7-9-20-45(41,42)43/h10-16,21-22H,6-9,17-20H2,1-4H3,(H-,38,39,40,41,42,43)/p+1. The maximum atomic E-state index is 11.3. The summed E-state index contributed by atoms with van der Waals surface area (Å²) in [6.45, 7) is 16.9. The van der Waals surface area contributed by atoms with Gasteiger partial charge in [-0.05, 0) is 62.9 Å². The van der Waals surface area contributed by atoms with Crippen LogP contribution in [0.3, 0.4) is 0 Å². The predicted octanol–water partition coefficient (Wildman–Crippen LogP) is 6.06. The van der Waals surface area contributed by atoms with Crippen LogP contribution in [0.15, 0.2) is 60.3 Å². The Morgan fingerprint density at radius 2 is 1.60 bits per heavy atom. The quantitative estimate of drug-likeness (QED) is 0.122. The fourth-order valence-electron chi connectivity index (χ4n) is 6.30. The summed E-state index contributed by atoms with van der Waals surface area (Å²) in [6.07, 6.45) is 7.69. The largest absolute Gasteiger partial charge is 0.344 e. The van der Waals surface area contributed by atoms with Gasteiger partial charge in [-0.1, -0.05) is 32.1 Å². The zero-order valence-corrected chi connectivity index (χ0v) is 27.6. The van der Waals surface area contributed by atoms with E-state index >= 15 is 0 Å². The first kappa shape index (κ1) is 34.1. The van der Waals surface area contributed by atoms with E-state index in [2.05, 4.69) is 48.1 Å². The molecule has 0 saturated heterocycles. The first-order valence-electron chi connectivity index (χ1n) is 14.8. The molecular weight excluding hydrogens is 613 g/mol. The van der Waals surface area contributed by atoms with E-state index < -0.39 is 31.1 Å². The summed E-state index contributed by atoms with van der Waals surface area (Å²) in [5.74, 6) is -0.624. The molecule has 2 aliphatic heterocycles. The Hall–Kier alpha value is -3.81. The number of fused-ring (bicyclic) bond motifs is 2. The molecule has 238 valence electrons. The van der Waals surface area contributed by atoms with Gasteiger partial charge in [-0.3, -0.25) is 9.11 Å². The van der Waals surface area contributed by atoms with Gasteiger partial charge in [0.05, 0.1) is 35.1 Å². The Bertz CT molecular complexity index is 1890. The van der Waals surface area contributed by atoms with Gasteiger partial charge in [0.2, 0.25) is 5.69 Å². The van der Waals surface area contributed by atoms with Crippen LogP contribution in [0, 0.1) is 17.9 Å². The van der Waals surface area contributed by atoms with E-state index in [1.807, 2.05) is 42.5 Å². The predicted molar refractivity (Wildman–Crippen MR) is 176 cm³/mol. The minimum Gasteiger partial charge on any atom is -0.344 e. The minimum atomic E-state index is -4.06. The van der Waals surface area contributed by atoms with E-state index in [4.69, 9.17) is 6.57 Å². The van der Waals surface area contributed by atoms with Crippen LogP contribution in [0.1, 0.15) is 70.1 Å². The lowest BCUT2D eigenvalue weighted by Crippen LogP contribution is -2.28. The maximum absolute atomic E-state index is 11.3. The van der Waals surface area contributed by atoms with E-state index in [1.165, 1.54) is 0 Å².